The zero-order valence-corrected chi connectivity index (χ0v) is 13.9. The van der Waals surface area contributed by atoms with Crippen molar-refractivity contribution >= 4 is 5.91 Å². The van der Waals surface area contributed by atoms with Crippen molar-refractivity contribution in [2.24, 2.45) is 5.92 Å². The Balaban J connectivity index is 1.97. The normalized spacial score (nSPS) is 20.5. The van der Waals surface area contributed by atoms with E-state index < -0.39 is 24.5 Å². The monoisotopic (exact) mass is 344 g/mol. The fraction of sp³-hybridized carbons (Fsp3) is 0.588. The highest BCUT2D eigenvalue weighted by molar-refractivity contribution is 5.79. The Hall–Kier alpha value is -1.76. The van der Waals surface area contributed by atoms with Crippen LogP contribution in [0.5, 0.6) is 5.75 Å². The fourth-order valence-corrected chi connectivity index (χ4v) is 3.02. The van der Waals surface area contributed by atoms with E-state index in [0.29, 0.717) is 13.0 Å². The maximum atomic E-state index is 12.2. The number of ether oxygens (including phenoxy) is 1. The van der Waals surface area contributed by atoms with Gasteiger partial charge in [-0.25, -0.2) is 0 Å². The van der Waals surface area contributed by atoms with E-state index in [1.165, 1.54) is 0 Å². The number of nitrogens with zero attached hydrogens (tertiary/aromatic N) is 1. The number of nitrogens with one attached hydrogen (secondary N) is 1. The lowest BCUT2D eigenvalue weighted by atomic mass is 9.94. The smallest absolute Gasteiger partial charge is 0.405 e. The molecule has 0 unspecified atom stereocenters. The standard InChI is InChI=1S/C17H23F3N2O2/c1-12(13-5-3-7-15(9-13)24-2)22-8-4-6-14(10-22)16(23)21-11-17(18,19)20/h3,5,7,9,12,14H,4,6,8,10-11H2,1-2H3,(H,21,23)/t12-,14-/m0/s1. The van der Waals surface area contributed by atoms with E-state index >= 15 is 0 Å². The molecule has 24 heavy (non-hydrogen) atoms. The van der Waals surface area contributed by atoms with Crippen LogP contribution in [0.1, 0.15) is 31.4 Å². The van der Waals surface area contributed by atoms with Crippen LogP contribution >= 0.6 is 0 Å². The van der Waals surface area contributed by atoms with Crippen LogP contribution in [0.4, 0.5) is 13.2 Å². The van der Waals surface area contributed by atoms with Crippen LogP contribution in [-0.4, -0.2) is 43.7 Å². The molecule has 1 aliphatic heterocycles. The largest absolute Gasteiger partial charge is 0.497 e. The summed E-state index contributed by atoms with van der Waals surface area (Å²) >= 11 is 0. The van der Waals surface area contributed by atoms with Gasteiger partial charge in [0.2, 0.25) is 5.91 Å². The zero-order valence-electron chi connectivity index (χ0n) is 13.9. The molecule has 0 radical (unpaired) electrons. The van der Waals surface area contributed by atoms with Crippen molar-refractivity contribution in [1.82, 2.24) is 10.2 Å². The van der Waals surface area contributed by atoms with Crippen LogP contribution in [0.2, 0.25) is 0 Å². The van der Waals surface area contributed by atoms with Gasteiger partial charge in [0, 0.05) is 12.6 Å². The summed E-state index contributed by atoms with van der Waals surface area (Å²) in [5, 5.41) is 2.00. The average Bonchev–Trinajstić information content (AvgIpc) is 2.58. The number of alkyl halides is 3. The van der Waals surface area contributed by atoms with Gasteiger partial charge in [-0.2, -0.15) is 13.2 Å². The number of methoxy groups -OCH3 is 1. The molecule has 0 saturated carbocycles. The molecule has 1 heterocycles. The summed E-state index contributed by atoms with van der Waals surface area (Å²) < 4.78 is 42.0. The molecule has 134 valence electrons. The van der Waals surface area contributed by atoms with Crippen LogP contribution in [0, 0.1) is 5.92 Å². The van der Waals surface area contributed by atoms with Gasteiger partial charge in [0.1, 0.15) is 12.3 Å². The first-order valence-corrected chi connectivity index (χ1v) is 8.02. The van der Waals surface area contributed by atoms with Crippen molar-refractivity contribution in [1.29, 1.82) is 0 Å². The number of benzene rings is 1. The molecular formula is C17H23F3N2O2. The molecular weight excluding hydrogens is 321 g/mol. The minimum absolute atomic E-state index is 0.0679. The van der Waals surface area contributed by atoms with Gasteiger partial charge in [-0.05, 0) is 44.0 Å². The highest BCUT2D eigenvalue weighted by atomic mass is 19.4. The first kappa shape index (κ1) is 18.6. The lowest BCUT2D eigenvalue weighted by Crippen LogP contribution is -2.45. The van der Waals surface area contributed by atoms with Gasteiger partial charge in [0.15, 0.2) is 0 Å². The molecule has 0 bridgehead atoms. The summed E-state index contributed by atoms with van der Waals surface area (Å²) in [6.45, 7) is 2.04. The van der Waals surface area contributed by atoms with Gasteiger partial charge in [-0.3, -0.25) is 9.69 Å². The number of rotatable bonds is 5. The van der Waals surface area contributed by atoms with Crippen molar-refractivity contribution in [3.63, 3.8) is 0 Å². The fourth-order valence-electron chi connectivity index (χ4n) is 3.02. The van der Waals surface area contributed by atoms with Crippen molar-refractivity contribution in [3.8, 4) is 5.75 Å². The molecule has 1 fully saturated rings. The zero-order chi connectivity index (χ0) is 17.7. The minimum Gasteiger partial charge on any atom is -0.497 e. The first-order valence-electron chi connectivity index (χ1n) is 8.02. The van der Waals surface area contributed by atoms with E-state index in [0.717, 1.165) is 24.3 Å². The lowest BCUT2D eigenvalue weighted by Gasteiger charge is -2.36. The van der Waals surface area contributed by atoms with Crippen molar-refractivity contribution in [2.75, 3.05) is 26.7 Å². The number of halogens is 3. The Morgan fingerprint density at radius 3 is 2.88 bits per heavy atom. The lowest BCUT2D eigenvalue weighted by molar-refractivity contribution is -0.142. The molecule has 2 rings (SSSR count). The van der Waals surface area contributed by atoms with E-state index in [9.17, 15) is 18.0 Å². The highest BCUT2D eigenvalue weighted by Crippen LogP contribution is 2.28. The van der Waals surface area contributed by atoms with Crippen LogP contribution in [0.15, 0.2) is 24.3 Å². The third kappa shape index (κ3) is 5.12. The number of hydrogen-bond acceptors (Lipinski definition) is 3. The molecule has 7 heteroatoms. The molecule has 0 aromatic heterocycles. The van der Waals surface area contributed by atoms with Crippen LogP contribution in [0.3, 0.4) is 0 Å². The van der Waals surface area contributed by atoms with Crippen molar-refractivity contribution in [2.45, 2.75) is 32.0 Å². The first-order chi connectivity index (χ1) is 11.3. The maximum absolute atomic E-state index is 12.2. The van der Waals surface area contributed by atoms with E-state index in [-0.39, 0.29) is 6.04 Å². The number of piperidine rings is 1. The Morgan fingerprint density at radius 2 is 2.21 bits per heavy atom. The van der Waals surface area contributed by atoms with Gasteiger partial charge in [-0.15, -0.1) is 0 Å². The number of carbonyl (C=O) groups is 1. The quantitative estimate of drug-likeness (QED) is 0.892. The minimum atomic E-state index is -4.38. The summed E-state index contributed by atoms with van der Waals surface area (Å²) in [5.74, 6) is -0.167. The summed E-state index contributed by atoms with van der Waals surface area (Å²) in [4.78, 5) is 14.1. The highest BCUT2D eigenvalue weighted by Gasteiger charge is 2.32. The second-order valence-corrected chi connectivity index (χ2v) is 6.12. The van der Waals surface area contributed by atoms with Gasteiger partial charge in [-0.1, -0.05) is 12.1 Å². The molecule has 4 nitrogen and oxygen atoms in total. The predicted octanol–water partition coefficient (Wildman–Crippen LogP) is 3.15. The Labute approximate surface area is 140 Å². The van der Waals surface area contributed by atoms with Crippen molar-refractivity contribution < 1.29 is 22.7 Å². The molecule has 2 atom stereocenters. The third-order valence-corrected chi connectivity index (χ3v) is 4.41. The maximum Gasteiger partial charge on any atom is 0.405 e. The molecule has 1 N–H and O–H groups in total. The van der Waals surface area contributed by atoms with Crippen LogP contribution in [-0.2, 0) is 4.79 Å². The molecule has 1 amide bonds. The van der Waals surface area contributed by atoms with Gasteiger partial charge in [0.25, 0.3) is 0 Å². The summed E-state index contributed by atoms with van der Waals surface area (Å²) in [7, 11) is 1.60. The van der Waals surface area contributed by atoms with E-state index in [1.807, 2.05) is 36.5 Å². The van der Waals surface area contributed by atoms with Gasteiger partial charge >= 0.3 is 6.18 Å². The van der Waals surface area contributed by atoms with E-state index in [2.05, 4.69) is 4.90 Å². The van der Waals surface area contributed by atoms with E-state index in [4.69, 9.17) is 4.74 Å². The third-order valence-electron chi connectivity index (χ3n) is 4.41. The molecule has 0 aliphatic carbocycles. The number of amides is 1. The van der Waals surface area contributed by atoms with E-state index in [1.54, 1.807) is 7.11 Å². The van der Waals surface area contributed by atoms with Gasteiger partial charge in [0.05, 0.1) is 13.0 Å². The number of hydrogen-bond donors (Lipinski definition) is 1. The van der Waals surface area contributed by atoms with Crippen LogP contribution in [0.25, 0.3) is 0 Å². The average molecular weight is 344 g/mol. The molecule has 0 spiro atoms. The molecule has 1 saturated heterocycles. The van der Waals surface area contributed by atoms with Crippen molar-refractivity contribution in [3.05, 3.63) is 29.8 Å². The Bertz CT molecular complexity index is 563. The summed E-state index contributed by atoms with van der Waals surface area (Å²) in [6.07, 6.45) is -2.97. The SMILES string of the molecule is COc1cccc([C@H](C)N2CCC[C@H](C(=O)NCC(F)(F)F)C2)c1. The second-order valence-electron chi connectivity index (χ2n) is 6.12. The predicted molar refractivity (Wildman–Crippen MR) is 84.8 cm³/mol. The number of carbonyl (C=O) groups excluding carboxylic acids is 1. The molecule has 1 aliphatic rings. The Morgan fingerprint density at radius 1 is 1.46 bits per heavy atom. The Kier molecular flexibility index (Phi) is 6.10. The van der Waals surface area contributed by atoms with Crippen LogP contribution < -0.4 is 10.1 Å². The summed E-state index contributed by atoms with van der Waals surface area (Å²) in [6, 6.07) is 7.76. The second kappa shape index (κ2) is 7.88. The van der Waals surface area contributed by atoms with Gasteiger partial charge < -0.3 is 10.1 Å². The number of likely N-dealkylation sites (tertiary alicyclic amines) is 1. The molecule has 1 aromatic carbocycles. The summed E-state index contributed by atoms with van der Waals surface area (Å²) in [5.41, 5.74) is 1.06. The molecule has 1 aromatic rings. The topological polar surface area (TPSA) is 41.6 Å².